The lowest BCUT2D eigenvalue weighted by molar-refractivity contribution is 0.614. The average molecular weight is 253 g/mol. The number of unbranched alkanes of at least 4 members (excludes halogenated alkanes) is 2. The zero-order valence-corrected chi connectivity index (χ0v) is 10.7. The van der Waals surface area contributed by atoms with Crippen molar-refractivity contribution in [2.75, 3.05) is 5.75 Å². The Hall–Kier alpha value is -1.21. The molecule has 0 aromatic heterocycles. The second kappa shape index (κ2) is 7.18. The van der Waals surface area contributed by atoms with Gasteiger partial charge in [-0.1, -0.05) is 19.8 Å². The van der Waals surface area contributed by atoms with Crippen molar-refractivity contribution in [1.82, 2.24) is 0 Å². The summed E-state index contributed by atoms with van der Waals surface area (Å²) < 4.78 is 25.1. The van der Waals surface area contributed by atoms with E-state index in [1.807, 2.05) is 6.07 Å². The highest BCUT2D eigenvalue weighted by molar-refractivity contribution is 7.84. The summed E-state index contributed by atoms with van der Waals surface area (Å²) in [6, 6.07) is 6.12. The molecular formula is C13H16FNOS. The van der Waals surface area contributed by atoms with Crippen molar-refractivity contribution in [1.29, 1.82) is 5.26 Å². The standard InChI is InChI=1S/C13H16FNOS/c1-2-3-4-7-17(16)10-12-8-11(9-15)5-6-13(12)14/h5-6,8H,2-4,7,10H2,1H3. The Balaban J connectivity index is 2.61. The Bertz CT molecular complexity index is 440. The summed E-state index contributed by atoms with van der Waals surface area (Å²) >= 11 is 0. The molecule has 0 radical (unpaired) electrons. The Kier molecular flexibility index (Phi) is 5.85. The largest absolute Gasteiger partial charge is 0.259 e. The maximum absolute atomic E-state index is 13.4. The number of halogens is 1. The van der Waals surface area contributed by atoms with Crippen LogP contribution in [-0.4, -0.2) is 9.96 Å². The van der Waals surface area contributed by atoms with Gasteiger partial charge in [0.25, 0.3) is 0 Å². The molecule has 0 aliphatic rings. The van der Waals surface area contributed by atoms with Crippen LogP contribution in [0.4, 0.5) is 4.39 Å². The quantitative estimate of drug-likeness (QED) is 0.731. The number of nitrogens with zero attached hydrogens (tertiary/aromatic N) is 1. The highest BCUT2D eigenvalue weighted by Crippen LogP contribution is 2.13. The summed E-state index contributed by atoms with van der Waals surface area (Å²) in [5, 5.41) is 8.71. The highest BCUT2D eigenvalue weighted by atomic mass is 32.2. The molecule has 0 saturated heterocycles. The molecule has 1 atom stereocenters. The van der Waals surface area contributed by atoms with Crippen molar-refractivity contribution in [2.45, 2.75) is 31.9 Å². The third kappa shape index (κ3) is 4.66. The number of rotatable bonds is 6. The summed E-state index contributed by atoms with van der Waals surface area (Å²) in [5.74, 6) is 0.419. The van der Waals surface area contributed by atoms with Gasteiger partial charge in [-0.15, -0.1) is 0 Å². The molecule has 0 spiro atoms. The average Bonchev–Trinajstić information content (AvgIpc) is 2.32. The molecule has 0 aliphatic carbocycles. The van der Waals surface area contributed by atoms with Crippen molar-refractivity contribution in [3.05, 3.63) is 35.1 Å². The van der Waals surface area contributed by atoms with Crippen LogP contribution in [0.15, 0.2) is 18.2 Å². The molecule has 17 heavy (non-hydrogen) atoms. The first-order valence-electron chi connectivity index (χ1n) is 5.71. The first-order valence-corrected chi connectivity index (χ1v) is 7.19. The fourth-order valence-corrected chi connectivity index (χ4v) is 2.75. The van der Waals surface area contributed by atoms with Gasteiger partial charge >= 0.3 is 0 Å². The Morgan fingerprint density at radius 2 is 2.18 bits per heavy atom. The van der Waals surface area contributed by atoms with Crippen LogP contribution in [0, 0.1) is 17.1 Å². The van der Waals surface area contributed by atoms with Crippen molar-refractivity contribution in [3.8, 4) is 6.07 Å². The van der Waals surface area contributed by atoms with Crippen LogP contribution in [0.1, 0.15) is 37.3 Å². The third-order valence-corrected chi connectivity index (χ3v) is 3.84. The zero-order chi connectivity index (χ0) is 12.7. The van der Waals surface area contributed by atoms with E-state index in [1.165, 1.54) is 18.2 Å². The van der Waals surface area contributed by atoms with Gasteiger partial charge < -0.3 is 0 Å². The number of nitriles is 1. The van der Waals surface area contributed by atoms with Gasteiger partial charge in [0.15, 0.2) is 0 Å². The van der Waals surface area contributed by atoms with Gasteiger partial charge in [-0.05, 0) is 24.6 Å². The predicted octanol–water partition coefficient (Wildman–Crippen LogP) is 3.14. The molecule has 2 nitrogen and oxygen atoms in total. The van der Waals surface area contributed by atoms with Crippen LogP contribution in [-0.2, 0) is 16.6 Å². The Morgan fingerprint density at radius 3 is 2.82 bits per heavy atom. The number of benzene rings is 1. The van der Waals surface area contributed by atoms with Gasteiger partial charge in [-0.3, -0.25) is 4.21 Å². The van der Waals surface area contributed by atoms with Gasteiger partial charge in [0.05, 0.1) is 17.4 Å². The van der Waals surface area contributed by atoms with Crippen LogP contribution < -0.4 is 0 Å². The van der Waals surface area contributed by atoms with Gasteiger partial charge in [0.2, 0.25) is 0 Å². The minimum Gasteiger partial charge on any atom is -0.259 e. The first kappa shape index (κ1) is 13.9. The van der Waals surface area contributed by atoms with Gasteiger partial charge in [-0.2, -0.15) is 5.26 Å². The Labute approximate surface area is 104 Å². The Morgan fingerprint density at radius 1 is 1.41 bits per heavy atom. The zero-order valence-electron chi connectivity index (χ0n) is 9.91. The molecule has 0 N–H and O–H groups in total. The molecule has 1 rings (SSSR count). The lowest BCUT2D eigenvalue weighted by atomic mass is 10.1. The SMILES string of the molecule is CCCCCS(=O)Cc1cc(C#N)ccc1F. The van der Waals surface area contributed by atoms with E-state index in [9.17, 15) is 8.60 Å². The fourth-order valence-electron chi connectivity index (χ4n) is 1.51. The van der Waals surface area contributed by atoms with E-state index in [-0.39, 0.29) is 11.6 Å². The van der Waals surface area contributed by atoms with E-state index in [2.05, 4.69) is 6.92 Å². The number of hydrogen-bond donors (Lipinski definition) is 0. The molecule has 0 aliphatic heterocycles. The van der Waals surface area contributed by atoms with Crippen molar-refractivity contribution in [3.63, 3.8) is 0 Å². The minimum atomic E-state index is -1.04. The maximum Gasteiger partial charge on any atom is 0.127 e. The van der Waals surface area contributed by atoms with Crippen LogP contribution in [0.3, 0.4) is 0 Å². The molecule has 1 aromatic rings. The second-order valence-electron chi connectivity index (χ2n) is 3.91. The lowest BCUT2D eigenvalue weighted by Gasteiger charge is -2.04. The highest BCUT2D eigenvalue weighted by Gasteiger charge is 2.08. The molecule has 4 heteroatoms. The minimum absolute atomic E-state index is 0.199. The van der Waals surface area contributed by atoms with Crippen LogP contribution in [0.5, 0.6) is 0 Å². The van der Waals surface area contributed by atoms with Crippen LogP contribution in [0.25, 0.3) is 0 Å². The van der Waals surface area contributed by atoms with Crippen molar-refractivity contribution >= 4 is 10.8 Å². The van der Waals surface area contributed by atoms with Crippen molar-refractivity contribution in [2.24, 2.45) is 0 Å². The van der Waals surface area contributed by atoms with E-state index in [1.54, 1.807) is 0 Å². The summed E-state index contributed by atoms with van der Waals surface area (Å²) in [6.45, 7) is 2.08. The fraction of sp³-hybridized carbons (Fsp3) is 0.462. The van der Waals surface area contributed by atoms with Gasteiger partial charge in [0.1, 0.15) is 5.82 Å². The normalized spacial score (nSPS) is 12.1. The lowest BCUT2D eigenvalue weighted by Crippen LogP contribution is -2.03. The predicted molar refractivity (Wildman–Crippen MR) is 67.4 cm³/mol. The molecule has 0 amide bonds. The maximum atomic E-state index is 13.4. The molecule has 0 heterocycles. The molecule has 0 saturated carbocycles. The third-order valence-electron chi connectivity index (χ3n) is 2.47. The van der Waals surface area contributed by atoms with Gasteiger partial charge in [-0.25, -0.2) is 4.39 Å². The van der Waals surface area contributed by atoms with Crippen molar-refractivity contribution < 1.29 is 8.60 Å². The van der Waals surface area contributed by atoms with E-state index in [0.29, 0.717) is 16.9 Å². The smallest absolute Gasteiger partial charge is 0.127 e. The monoisotopic (exact) mass is 253 g/mol. The molecule has 92 valence electrons. The second-order valence-corrected chi connectivity index (χ2v) is 5.49. The topological polar surface area (TPSA) is 40.9 Å². The molecule has 1 aromatic carbocycles. The molecule has 0 fully saturated rings. The first-order chi connectivity index (χ1) is 8.17. The summed E-state index contributed by atoms with van der Waals surface area (Å²) in [6.07, 6.45) is 3.03. The number of hydrogen-bond acceptors (Lipinski definition) is 2. The molecular weight excluding hydrogens is 237 g/mol. The molecule has 0 bridgehead atoms. The van der Waals surface area contributed by atoms with Crippen LogP contribution >= 0.6 is 0 Å². The van der Waals surface area contributed by atoms with E-state index < -0.39 is 10.8 Å². The van der Waals surface area contributed by atoms with Crippen LogP contribution in [0.2, 0.25) is 0 Å². The van der Waals surface area contributed by atoms with Gasteiger partial charge in [0, 0.05) is 22.1 Å². The van der Waals surface area contributed by atoms with E-state index >= 15 is 0 Å². The summed E-state index contributed by atoms with van der Waals surface area (Å²) in [4.78, 5) is 0. The molecule has 1 unspecified atom stereocenters. The summed E-state index contributed by atoms with van der Waals surface area (Å²) in [7, 11) is -1.04. The van der Waals surface area contributed by atoms with E-state index in [0.717, 1.165) is 19.3 Å². The summed E-state index contributed by atoms with van der Waals surface area (Å²) in [5.41, 5.74) is 0.783. The van der Waals surface area contributed by atoms with E-state index in [4.69, 9.17) is 5.26 Å².